The molecule has 10 aromatic rings. The van der Waals surface area contributed by atoms with E-state index >= 15 is 0 Å². The van der Waals surface area contributed by atoms with Crippen LogP contribution in [-0.4, -0.2) is 32.6 Å². The fourth-order valence-corrected chi connectivity index (χ4v) is 10.1. The molecular weight excluding hydrogens is 893 g/mol. The Morgan fingerprint density at radius 2 is 0.444 bits per heavy atom. The minimum atomic E-state index is -1.72. The summed E-state index contributed by atoms with van der Waals surface area (Å²) < 4.78 is 0. The summed E-state index contributed by atoms with van der Waals surface area (Å²) in [5, 5.41) is 75.6. The lowest BCUT2D eigenvalue weighted by Gasteiger charge is -2.61. The Bertz CT molecular complexity index is 3010. The van der Waals surface area contributed by atoms with Crippen molar-refractivity contribution < 1.29 is 30.6 Å². The summed E-state index contributed by atoms with van der Waals surface area (Å²) in [5.74, 6) is -4.44. The molecule has 1 saturated carbocycles. The number of phenolic OH excluding ortho intramolecular Hbond substituents is 4. The van der Waals surface area contributed by atoms with Crippen molar-refractivity contribution in [3.63, 3.8) is 0 Å². The van der Waals surface area contributed by atoms with Crippen molar-refractivity contribution in [2.45, 2.75) is 24.0 Å². The maximum absolute atomic E-state index is 14.3. The number of anilines is 6. The minimum Gasteiger partial charge on any atom is -0.851 e. The van der Waals surface area contributed by atoms with Gasteiger partial charge in [-0.1, -0.05) is 170 Å². The summed E-state index contributed by atoms with van der Waals surface area (Å²) in [6.07, 6.45) is -3.45. The van der Waals surface area contributed by atoms with Gasteiger partial charge in [0.15, 0.2) is 0 Å². The van der Waals surface area contributed by atoms with Crippen molar-refractivity contribution in [2.24, 2.45) is 0 Å². The molecule has 0 atom stereocenters. The summed E-state index contributed by atoms with van der Waals surface area (Å²) in [6.45, 7) is 0. The molecule has 1 fully saturated rings. The lowest BCUT2D eigenvalue weighted by molar-refractivity contribution is -0.536. The van der Waals surface area contributed by atoms with Crippen molar-refractivity contribution in [2.75, 3.05) is 9.80 Å². The maximum atomic E-state index is 14.3. The van der Waals surface area contributed by atoms with Crippen LogP contribution in [0.25, 0.3) is 44.5 Å². The molecule has 0 radical (unpaired) electrons. The normalized spacial score (nSPS) is 16.1. The molecule has 0 spiro atoms. The fraction of sp³-hybridized carbons (Fsp3) is 0.0625. The van der Waals surface area contributed by atoms with Gasteiger partial charge in [-0.05, 0) is 105 Å². The Morgan fingerprint density at radius 3 is 0.653 bits per heavy atom. The van der Waals surface area contributed by atoms with E-state index in [9.17, 15) is 30.6 Å². The van der Waals surface area contributed by atoms with E-state index in [1.54, 1.807) is 0 Å². The zero-order valence-corrected chi connectivity index (χ0v) is 38.9. The number of nitrogens with zero attached hydrogens (tertiary/aromatic N) is 2. The molecular formula is C64H48N2O6-2. The highest BCUT2D eigenvalue weighted by Gasteiger charge is 2.43. The van der Waals surface area contributed by atoms with E-state index in [1.165, 1.54) is 24.3 Å². The van der Waals surface area contributed by atoms with Gasteiger partial charge in [-0.3, -0.25) is 0 Å². The monoisotopic (exact) mass is 940 g/mol. The fourth-order valence-electron chi connectivity index (χ4n) is 10.1. The molecule has 0 heterocycles. The van der Waals surface area contributed by atoms with E-state index in [0.717, 1.165) is 67.3 Å². The van der Waals surface area contributed by atoms with E-state index in [2.05, 4.69) is 0 Å². The molecule has 4 N–H and O–H groups in total. The van der Waals surface area contributed by atoms with Crippen LogP contribution in [0.4, 0.5) is 34.1 Å². The lowest BCUT2D eigenvalue weighted by Crippen LogP contribution is -2.63. The Labute approximate surface area is 418 Å². The molecule has 8 heteroatoms. The first-order chi connectivity index (χ1) is 35.2. The van der Waals surface area contributed by atoms with Gasteiger partial charge in [0.2, 0.25) is 0 Å². The van der Waals surface area contributed by atoms with Crippen molar-refractivity contribution in [1.82, 2.24) is 0 Å². The van der Waals surface area contributed by atoms with Crippen LogP contribution in [0.1, 0.15) is 23.0 Å². The van der Waals surface area contributed by atoms with Crippen LogP contribution in [0.3, 0.4) is 0 Å². The predicted molar refractivity (Wildman–Crippen MR) is 284 cm³/mol. The van der Waals surface area contributed by atoms with Gasteiger partial charge in [-0.15, -0.1) is 12.2 Å². The van der Waals surface area contributed by atoms with Crippen LogP contribution in [0, 0.1) is 0 Å². The van der Waals surface area contributed by atoms with E-state index in [0.29, 0.717) is 11.4 Å². The van der Waals surface area contributed by atoms with Crippen molar-refractivity contribution in [1.29, 1.82) is 0 Å². The quantitative estimate of drug-likeness (QED) is 0.0952. The molecule has 0 bridgehead atoms. The molecule has 0 aliphatic heterocycles. The number of rotatable bonds is 12. The molecule has 0 unspecified atom stereocenters. The van der Waals surface area contributed by atoms with Crippen LogP contribution < -0.4 is 20.0 Å². The number of benzene rings is 10. The third-order valence-corrected chi connectivity index (χ3v) is 13.8. The zero-order valence-electron chi connectivity index (χ0n) is 38.9. The lowest BCUT2D eigenvalue weighted by atomic mass is 9.62. The Balaban J connectivity index is 0.903. The van der Waals surface area contributed by atoms with Crippen LogP contribution in [-0.2, 0) is 0 Å². The Kier molecular flexibility index (Phi) is 12.2. The minimum absolute atomic E-state index is 0.173. The summed E-state index contributed by atoms with van der Waals surface area (Å²) in [6, 6.07) is 77.5. The second-order valence-corrected chi connectivity index (χ2v) is 18.1. The molecule has 1 aliphatic rings. The molecule has 10 aromatic carbocycles. The Morgan fingerprint density at radius 1 is 0.250 bits per heavy atom. The van der Waals surface area contributed by atoms with Crippen LogP contribution in [0.2, 0.25) is 0 Å². The van der Waals surface area contributed by atoms with Gasteiger partial charge in [0.25, 0.3) is 0 Å². The summed E-state index contributed by atoms with van der Waals surface area (Å²) in [4.78, 5) is 3.77. The largest absolute Gasteiger partial charge is 0.851 e. The van der Waals surface area contributed by atoms with Crippen LogP contribution in [0.15, 0.2) is 243 Å². The van der Waals surface area contributed by atoms with Gasteiger partial charge >= 0.3 is 0 Å². The molecule has 352 valence electrons. The zero-order chi connectivity index (χ0) is 49.3. The van der Waals surface area contributed by atoms with Crippen molar-refractivity contribution in [3.05, 3.63) is 254 Å². The third-order valence-electron chi connectivity index (χ3n) is 13.8. The number of aromatic hydroxyl groups is 4. The maximum Gasteiger partial charge on any atom is 0.124 e. The second-order valence-electron chi connectivity index (χ2n) is 18.1. The topological polar surface area (TPSA) is 134 Å². The molecule has 72 heavy (non-hydrogen) atoms. The van der Waals surface area contributed by atoms with Gasteiger partial charge in [0, 0.05) is 58.1 Å². The van der Waals surface area contributed by atoms with Crippen LogP contribution in [0.5, 0.6) is 23.0 Å². The van der Waals surface area contributed by atoms with Gasteiger partial charge in [-0.2, -0.15) is 0 Å². The first kappa shape index (κ1) is 45.4. The van der Waals surface area contributed by atoms with Crippen LogP contribution >= 0.6 is 0 Å². The van der Waals surface area contributed by atoms with Gasteiger partial charge in [0.1, 0.15) is 23.0 Å². The number of phenols is 4. The number of hydrogen-bond donors (Lipinski definition) is 4. The van der Waals surface area contributed by atoms with Gasteiger partial charge < -0.3 is 40.4 Å². The van der Waals surface area contributed by atoms with E-state index in [1.807, 2.05) is 228 Å². The van der Waals surface area contributed by atoms with Crippen molar-refractivity contribution in [3.8, 4) is 67.5 Å². The molecule has 0 aromatic heterocycles. The summed E-state index contributed by atoms with van der Waals surface area (Å²) in [5.41, 5.74) is 11.6. The summed E-state index contributed by atoms with van der Waals surface area (Å²) >= 11 is 0. The molecule has 0 saturated heterocycles. The molecule has 11 rings (SSSR count). The highest BCUT2D eigenvalue weighted by Crippen LogP contribution is 2.56. The Hall–Kier alpha value is -9.08. The van der Waals surface area contributed by atoms with Gasteiger partial charge in [0.05, 0.1) is 11.4 Å². The average molecular weight is 941 g/mol. The SMILES string of the molecule is [O-]C1C(c2c(O)cc(N(c3ccc(-c4ccccc4)cc3)c3ccc(-c4ccccc4)cc3)cc2O)C([O-])C1c1c(O)cc(N(c2ccc(-c3ccccc3)cc2)c2ccc(-c3ccccc3)cc2)cc1O. The predicted octanol–water partition coefficient (Wildman–Crippen LogP) is 13.5. The molecule has 1 aliphatic carbocycles. The van der Waals surface area contributed by atoms with E-state index in [4.69, 9.17) is 0 Å². The third kappa shape index (κ3) is 8.66. The number of hydrogen-bond acceptors (Lipinski definition) is 8. The van der Waals surface area contributed by atoms with Crippen molar-refractivity contribution >= 4 is 34.1 Å². The average Bonchev–Trinajstić information content (AvgIpc) is 3.42. The summed E-state index contributed by atoms with van der Waals surface area (Å²) in [7, 11) is 0. The first-order valence-corrected chi connectivity index (χ1v) is 23.9. The smallest absolute Gasteiger partial charge is 0.124 e. The second kappa shape index (κ2) is 19.4. The molecule has 8 nitrogen and oxygen atoms in total. The standard InChI is InChI=1S/C64H48N2O6/c67-55-37-53(65(49-29-21-45(22-30-49)41-13-5-1-6-14-41)50-31-23-46(24-32-50)42-15-7-2-8-16-42)38-56(68)59(55)61-63(71)62(64(61)72)60-57(69)39-54(40-58(60)70)66(51-33-25-47(26-34-51)43-17-9-3-10-18-43)52-35-27-48(28-36-52)44-19-11-4-12-20-44/h1-40,61-64,67-70H/q-2. The highest BCUT2D eigenvalue weighted by atomic mass is 16.3. The van der Waals surface area contributed by atoms with E-state index < -0.39 is 47.0 Å². The first-order valence-electron chi connectivity index (χ1n) is 23.9. The highest BCUT2D eigenvalue weighted by molar-refractivity contribution is 5.84. The van der Waals surface area contributed by atoms with E-state index in [-0.39, 0.29) is 11.1 Å². The molecule has 0 amide bonds. The van der Waals surface area contributed by atoms with Gasteiger partial charge in [-0.25, -0.2) is 0 Å².